The molecule has 1 amide bonds. The number of halogens is 2. The number of carbonyl (C=O) groups excluding carboxylic acids is 1. The number of aromatic nitrogens is 1. The van der Waals surface area contributed by atoms with E-state index in [-0.39, 0.29) is 36.8 Å². The predicted molar refractivity (Wildman–Crippen MR) is 101 cm³/mol. The van der Waals surface area contributed by atoms with Crippen LogP contribution in [0.15, 0.2) is 54.9 Å². The molecule has 1 aromatic heterocycles. The van der Waals surface area contributed by atoms with Gasteiger partial charge in [0.1, 0.15) is 0 Å². The van der Waals surface area contributed by atoms with Gasteiger partial charge >= 0.3 is 0 Å². The number of nitrogens with one attached hydrogen (secondary N) is 2. The van der Waals surface area contributed by atoms with Crippen molar-refractivity contribution in [3.63, 3.8) is 0 Å². The minimum Gasteiger partial charge on any atom is -0.345 e. The maximum atomic E-state index is 12.4. The van der Waals surface area contributed by atoms with Gasteiger partial charge in [-0.1, -0.05) is 36.4 Å². The third kappa shape index (κ3) is 5.48. The number of nitrogens with zero attached hydrogens (tertiary/aromatic N) is 1. The number of hydrogen-bond donors (Lipinski definition) is 2. The second-order valence-corrected chi connectivity index (χ2v) is 5.69. The molecule has 2 unspecified atom stereocenters. The zero-order chi connectivity index (χ0) is 15.2. The van der Waals surface area contributed by atoms with Crippen molar-refractivity contribution in [2.45, 2.75) is 31.3 Å². The van der Waals surface area contributed by atoms with Crippen LogP contribution in [0.1, 0.15) is 36.4 Å². The standard InChI is InChI=1S/C18H21N3O.2ClH/c22-17(12-16-9-5-11-20-16)21-18(14-6-2-1-3-7-14)15-8-4-10-19-13-15;;/h1-4,6-8,10,13,16,18,20H,5,9,11-12H2,(H,21,22);2*1H. The first-order valence-electron chi connectivity index (χ1n) is 7.80. The van der Waals surface area contributed by atoms with E-state index in [4.69, 9.17) is 0 Å². The van der Waals surface area contributed by atoms with Crippen LogP contribution >= 0.6 is 24.8 Å². The smallest absolute Gasteiger partial charge is 0.222 e. The third-order valence-corrected chi connectivity index (χ3v) is 4.05. The molecule has 0 aliphatic carbocycles. The zero-order valence-corrected chi connectivity index (χ0v) is 15.0. The predicted octanol–water partition coefficient (Wildman–Crippen LogP) is 3.27. The fourth-order valence-electron chi connectivity index (χ4n) is 2.93. The molecule has 0 radical (unpaired) electrons. The Balaban J connectivity index is 0.00000144. The summed E-state index contributed by atoms with van der Waals surface area (Å²) in [5, 5.41) is 6.52. The average molecular weight is 368 g/mol. The molecule has 1 aromatic carbocycles. The van der Waals surface area contributed by atoms with Gasteiger partial charge < -0.3 is 10.6 Å². The third-order valence-electron chi connectivity index (χ3n) is 4.05. The molecule has 1 aliphatic rings. The summed E-state index contributed by atoms with van der Waals surface area (Å²) in [4.78, 5) is 16.6. The molecule has 130 valence electrons. The van der Waals surface area contributed by atoms with Gasteiger partial charge in [-0.05, 0) is 36.6 Å². The molecule has 4 nitrogen and oxygen atoms in total. The SMILES string of the molecule is Cl.Cl.O=C(CC1CCCN1)NC(c1ccccc1)c1cccnc1. The summed E-state index contributed by atoms with van der Waals surface area (Å²) >= 11 is 0. The van der Waals surface area contributed by atoms with Crippen LogP contribution in [0.4, 0.5) is 0 Å². The lowest BCUT2D eigenvalue weighted by Crippen LogP contribution is -2.34. The largest absolute Gasteiger partial charge is 0.345 e. The van der Waals surface area contributed by atoms with Crippen molar-refractivity contribution in [3.8, 4) is 0 Å². The summed E-state index contributed by atoms with van der Waals surface area (Å²) in [6, 6.07) is 14.1. The Hall–Kier alpha value is -1.62. The zero-order valence-electron chi connectivity index (χ0n) is 13.4. The fourth-order valence-corrected chi connectivity index (χ4v) is 2.93. The van der Waals surface area contributed by atoms with Crippen LogP contribution in [0.3, 0.4) is 0 Å². The molecule has 2 heterocycles. The molecular weight excluding hydrogens is 345 g/mol. The van der Waals surface area contributed by atoms with Gasteiger partial charge in [0.2, 0.25) is 5.91 Å². The maximum Gasteiger partial charge on any atom is 0.222 e. The number of amides is 1. The molecule has 24 heavy (non-hydrogen) atoms. The number of pyridine rings is 1. The van der Waals surface area contributed by atoms with E-state index in [0.717, 1.165) is 30.5 Å². The highest BCUT2D eigenvalue weighted by atomic mass is 35.5. The number of rotatable bonds is 5. The molecule has 2 aromatic rings. The highest BCUT2D eigenvalue weighted by Crippen LogP contribution is 2.21. The van der Waals surface area contributed by atoms with E-state index < -0.39 is 0 Å². The molecular formula is C18H23Cl2N3O. The molecule has 2 atom stereocenters. The van der Waals surface area contributed by atoms with E-state index in [0.29, 0.717) is 12.5 Å². The molecule has 0 spiro atoms. The molecule has 1 aliphatic heterocycles. The monoisotopic (exact) mass is 367 g/mol. The number of carbonyl (C=O) groups is 1. The van der Waals surface area contributed by atoms with Gasteiger partial charge in [0, 0.05) is 24.9 Å². The van der Waals surface area contributed by atoms with Crippen molar-refractivity contribution in [1.29, 1.82) is 0 Å². The van der Waals surface area contributed by atoms with E-state index in [1.807, 2.05) is 48.7 Å². The molecule has 6 heteroatoms. The Morgan fingerprint density at radius 2 is 1.92 bits per heavy atom. The first-order chi connectivity index (χ1) is 10.8. The van der Waals surface area contributed by atoms with E-state index in [9.17, 15) is 4.79 Å². The molecule has 0 bridgehead atoms. The van der Waals surface area contributed by atoms with Crippen LogP contribution in [0, 0.1) is 0 Å². The molecule has 2 N–H and O–H groups in total. The summed E-state index contributed by atoms with van der Waals surface area (Å²) in [6.45, 7) is 1.02. The van der Waals surface area contributed by atoms with Crippen LogP contribution in [-0.4, -0.2) is 23.5 Å². The van der Waals surface area contributed by atoms with Gasteiger partial charge in [-0.15, -0.1) is 24.8 Å². The van der Waals surface area contributed by atoms with Crippen LogP contribution in [0.25, 0.3) is 0 Å². The minimum atomic E-state index is -0.149. The second-order valence-electron chi connectivity index (χ2n) is 5.69. The van der Waals surface area contributed by atoms with Crippen LogP contribution < -0.4 is 10.6 Å². The van der Waals surface area contributed by atoms with Crippen molar-refractivity contribution < 1.29 is 4.79 Å². The topological polar surface area (TPSA) is 54.0 Å². The van der Waals surface area contributed by atoms with Crippen molar-refractivity contribution in [3.05, 3.63) is 66.0 Å². The molecule has 0 saturated carbocycles. The highest BCUT2D eigenvalue weighted by Gasteiger charge is 2.21. The summed E-state index contributed by atoms with van der Waals surface area (Å²) in [7, 11) is 0. The van der Waals surface area contributed by atoms with Gasteiger partial charge in [-0.25, -0.2) is 0 Å². The van der Waals surface area contributed by atoms with Crippen LogP contribution in [-0.2, 0) is 4.79 Å². The summed E-state index contributed by atoms with van der Waals surface area (Å²) in [5.41, 5.74) is 2.07. The lowest BCUT2D eigenvalue weighted by molar-refractivity contribution is -0.122. The Bertz CT molecular complexity index is 565. The van der Waals surface area contributed by atoms with Crippen molar-refractivity contribution >= 4 is 30.7 Å². The van der Waals surface area contributed by atoms with E-state index in [1.54, 1.807) is 6.20 Å². The summed E-state index contributed by atoms with van der Waals surface area (Å²) in [5.74, 6) is 0.0807. The second kappa shape index (κ2) is 10.3. The van der Waals surface area contributed by atoms with Crippen molar-refractivity contribution in [1.82, 2.24) is 15.6 Å². The van der Waals surface area contributed by atoms with Gasteiger partial charge in [-0.3, -0.25) is 9.78 Å². The van der Waals surface area contributed by atoms with Crippen LogP contribution in [0.5, 0.6) is 0 Å². The van der Waals surface area contributed by atoms with E-state index >= 15 is 0 Å². The Morgan fingerprint density at radius 3 is 2.54 bits per heavy atom. The minimum absolute atomic E-state index is 0. The first-order valence-corrected chi connectivity index (χ1v) is 7.80. The highest BCUT2D eigenvalue weighted by molar-refractivity contribution is 5.85. The van der Waals surface area contributed by atoms with Gasteiger partial charge in [0.25, 0.3) is 0 Å². The molecule has 1 fully saturated rings. The quantitative estimate of drug-likeness (QED) is 0.852. The van der Waals surface area contributed by atoms with Gasteiger partial charge in [0.05, 0.1) is 6.04 Å². The molecule has 1 saturated heterocycles. The lowest BCUT2D eigenvalue weighted by Gasteiger charge is -2.20. The lowest BCUT2D eigenvalue weighted by atomic mass is 9.99. The van der Waals surface area contributed by atoms with Crippen LogP contribution in [0.2, 0.25) is 0 Å². The molecule has 3 rings (SSSR count). The van der Waals surface area contributed by atoms with Crippen molar-refractivity contribution in [2.75, 3.05) is 6.54 Å². The summed E-state index contributed by atoms with van der Waals surface area (Å²) in [6.07, 6.45) is 6.32. The normalized spacial score (nSPS) is 17.2. The van der Waals surface area contributed by atoms with E-state index in [2.05, 4.69) is 15.6 Å². The maximum absolute atomic E-state index is 12.4. The number of hydrogen-bond acceptors (Lipinski definition) is 3. The Morgan fingerprint density at radius 1 is 1.17 bits per heavy atom. The van der Waals surface area contributed by atoms with Gasteiger partial charge in [0.15, 0.2) is 0 Å². The fraction of sp³-hybridized carbons (Fsp3) is 0.333. The van der Waals surface area contributed by atoms with Gasteiger partial charge in [-0.2, -0.15) is 0 Å². The van der Waals surface area contributed by atoms with E-state index in [1.165, 1.54) is 0 Å². The Labute approximate surface area is 155 Å². The number of benzene rings is 1. The first kappa shape index (κ1) is 20.4. The Kier molecular flexibility index (Phi) is 8.76. The average Bonchev–Trinajstić information content (AvgIpc) is 3.07. The summed E-state index contributed by atoms with van der Waals surface area (Å²) < 4.78 is 0. The van der Waals surface area contributed by atoms with Crippen molar-refractivity contribution in [2.24, 2.45) is 0 Å².